The summed E-state index contributed by atoms with van der Waals surface area (Å²) in [6.07, 6.45) is 0. The molecule has 3 aliphatic carbocycles. The SMILES string of the molecule is CC1(C)c2ccccc2-c2c(N(c3ccc4c(c3)C3(c5ccccc5-c5ccccc53)c3ccccc3-4)c3ccccc3-c3ccc4oc5c6ccccc6ccc5c4c3)cccc21. The number of nitrogens with zero attached hydrogens (tertiary/aromatic N) is 1. The minimum absolute atomic E-state index is 0.161. The van der Waals surface area contributed by atoms with Gasteiger partial charge in [-0.2, -0.15) is 0 Å². The molecule has 2 heteroatoms. The molecule has 1 heterocycles. The van der Waals surface area contributed by atoms with Gasteiger partial charge >= 0.3 is 0 Å². The van der Waals surface area contributed by atoms with Crippen molar-refractivity contribution in [1.29, 1.82) is 0 Å². The highest BCUT2D eigenvalue weighted by Crippen LogP contribution is 2.64. The monoisotopic (exact) mass is 815 g/mol. The molecule has 0 atom stereocenters. The summed E-state index contributed by atoms with van der Waals surface area (Å²) in [6.45, 7) is 4.75. The van der Waals surface area contributed by atoms with Gasteiger partial charge in [-0.1, -0.05) is 184 Å². The largest absolute Gasteiger partial charge is 0.455 e. The molecule has 0 bridgehead atoms. The third-order valence-corrected chi connectivity index (χ3v) is 14.9. The fraction of sp³-hybridized carbons (Fsp3) is 0.0645. The lowest BCUT2D eigenvalue weighted by atomic mass is 9.70. The summed E-state index contributed by atoms with van der Waals surface area (Å²) in [4.78, 5) is 2.56. The van der Waals surface area contributed by atoms with Gasteiger partial charge in [0.15, 0.2) is 0 Å². The Balaban J connectivity index is 1.05. The molecule has 64 heavy (non-hydrogen) atoms. The molecule has 14 rings (SSSR count). The zero-order valence-electron chi connectivity index (χ0n) is 35.6. The first-order valence-corrected chi connectivity index (χ1v) is 22.4. The van der Waals surface area contributed by atoms with Crippen LogP contribution in [-0.4, -0.2) is 0 Å². The summed E-state index contributed by atoms with van der Waals surface area (Å²) in [5.41, 5.74) is 22.7. The first kappa shape index (κ1) is 35.6. The maximum Gasteiger partial charge on any atom is 0.143 e. The molecule has 11 aromatic rings. The van der Waals surface area contributed by atoms with E-state index >= 15 is 0 Å². The van der Waals surface area contributed by atoms with Crippen LogP contribution in [0.3, 0.4) is 0 Å². The number of rotatable bonds is 4. The van der Waals surface area contributed by atoms with E-state index in [1.54, 1.807) is 0 Å². The highest BCUT2D eigenvalue weighted by Gasteiger charge is 2.52. The highest BCUT2D eigenvalue weighted by molar-refractivity contribution is 6.16. The first-order valence-electron chi connectivity index (χ1n) is 22.4. The van der Waals surface area contributed by atoms with Crippen LogP contribution in [0.25, 0.3) is 77.2 Å². The summed E-state index contributed by atoms with van der Waals surface area (Å²) in [7, 11) is 0. The van der Waals surface area contributed by atoms with Crippen LogP contribution in [0.4, 0.5) is 17.1 Å². The third kappa shape index (κ3) is 4.54. The second-order valence-corrected chi connectivity index (χ2v) is 18.3. The number of benzene rings is 10. The average Bonchev–Trinajstić information content (AvgIpc) is 4.04. The molecule has 0 saturated carbocycles. The lowest BCUT2D eigenvalue weighted by Gasteiger charge is -2.33. The second-order valence-electron chi connectivity index (χ2n) is 18.3. The van der Waals surface area contributed by atoms with Gasteiger partial charge in [0.1, 0.15) is 11.2 Å². The van der Waals surface area contributed by atoms with Gasteiger partial charge in [0.2, 0.25) is 0 Å². The van der Waals surface area contributed by atoms with Crippen molar-refractivity contribution >= 4 is 49.8 Å². The van der Waals surface area contributed by atoms with E-state index in [0.717, 1.165) is 49.8 Å². The molecule has 0 N–H and O–H groups in total. The maximum absolute atomic E-state index is 6.63. The van der Waals surface area contributed by atoms with Crippen LogP contribution in [0.5, 0.6) is 0 Å². The fourth-order valence-electron chi connectivity index (χ4n) is 12.1. The number of furan rings is 1. The molecule has 10 aromatic carbocycles. The Bertz CT molecular complexity index is 3730. The third-order valence-electron chi connectivity index (χ3n) is 14.9. The van der Waals surface area contributed by atoms with Crippen molar-refractivity contribution in [3.63, 3.8) is 0 Å². The molecule has 0 amide bonds. The zero-order chi connectivity index (χ0) is 42.3. The standard InChI is InChI=1S/C62H41NO/c1-61(2)50-23-10-8-22-48(50)59-54(61)27-15-29-57(59)63(56-28-14-9-17-41(56)39-31-35-58-49(36-39)47-33-30-38-16-3-4-18-42(38)60(47)64-58)40-32-34-46-45-21-7-13-26-53(45)62(55(46)37-40)51-24-11-5-19-43(51)44-20-6-12-25-52(44)62/h3-37H,1-2H3. The summed E-state index contributed by atoms with van der Waals surface area (Å²) in [5.74, 6) is 0. The molecule has 0 saturated heterocycles. The first-order chi connectivity index (χ1) is 31.5. The van der Waals surface area contributed by atoms with E-state index in [-0.39, 0.29) is 5.41 Å². The number of anilines is 3. The normalized spacial score (nSPS) is 14.3. The molecule has 1 aromatic heterocycles. The van der Waals surface area contributed by atoms with E-state index in [0.29, 0.717) is 0 Å². The number of hydrogen-bond acceptors (Lipinski definition) is 2. The lowest BCUT2D eigenvalue weighted by Crippen LogP contribution is -2.26. The van der Waals surface area contributed by atoms with E-state index in [9.17, 15) is 0 Å². The second kappa shape index (κ2) is 12.8. The highest BCUT2D eigenvalue weighted by atomic mass is 16.3. The molecular weight excluding hydrogens is 775 g/mol. The molecule has 2 nitrogen and oxygen atoms in total. The van der Waals surface area contributed by atoms with Crippen LogP contribution in [-0.2, 0) is 10.8 Å². The Morgan fingerprint density at radius 2 is 0.953 bits per heavy atom. The minimum Gasteiger partial charge on any atom is -0.455 e. The van der Waals surface area contributed by atoms with Gasteiger partial charge in [-0.3, -0.25) is 0 Å². The van der Waals surface area contributed by atoms with Crippen molar-refractivity contribution in [2.45, 2.75) is 24.7 Å². The Kier molecular flexibility index (Phi) is 7.13. The predicted molar refractivity (Wildman–Crippen MR) is 265 cm³/mol. The Morgan fingerprint density at radius 3 is 1.69 bits per heavy atom. The van der Waals surface area contributed by atoms with E-state index < -0.39 is 5.41 Å². The summed E-state index contributed by atoms with van der Waals surface area (Å²) < 4.78 is 6.63. The number of para-hydroxylation sites is 1. The summed E-state index contributed by atoms with van der Waals surface area (Å²) in [6, 6.07) is 79.1. The van der Waals surface area contributed by atoms with Crippen molar-refractivity contribution in [2.75, 3.05) is 4.90 Å². The number of fused-ring (bicyclic) bond motifs is 18. The van der Waals surface area contributed by atoms with E-state index in [4.69, 9.17) is 4.42 Å². The van der Waals surface area contributed by atoms with Crippen LogP contribution >= 0.6 is 0 Å². The smallest absolute Gasteiger partial charge is 0.143 e. The molecule has 0 radical (unpaired) electrons. The van der Waals surface area contributed by atoms with Crippen molar-refractivity contribution in [1.82, 2.24) is 0 Å². The van der Waals surface area contributed by atoms with Gasteiger partial charge in [-0.25, -0.2) is 0 Å². The van der Waals surface area contributed by atoms with E-state index in [2.05, 4.69) is 231 Å². The number of hydrogen-bond donors (Lipinski definition) is 0. The Labute approximate surface area is 372 Å². The zero-order valence-corrected chi connectivity index (χ0v) is 35.6. The topological polar surface area (TPSA) is 16.4 Å². The molecule has 3 aliphatic rings. The van der Waals surface area contributed by atoms with Gasteiger partial charge in [0.25, 0.3) is 0 Å². The predicted octanol–water partition coefficient (Wildman–Crippen LogP) is 16.5. The fourth-order valence-corrected chi connectivity index (χ4v) is 12.1. The van der Waals surface area contributed by atoms with Crippen LogP contribution < -0.4 is 4.90 Å². The van der Waals surface area contributed by atoms with Gasteiger partial charge in [-0.15, -0.1) is 0 Å². The molecular formula is C62H41NO. The van der Waals surface area contributed by atoms with Crippen LogP contribution in [0, 0.1) is 0 Å². The van der Waals surface area contributed by atoms with E-state index in [1.807, 2.05) is 0 Å². The van der Waals surface area contributed by atoms with Crippen molar-refractivity contribution in [3.05, 3.63) is 246 Å². The minimum atomic E-state index is -0.467. The van der Waals surface area contributed by atoms with Gasteiger partial charge in [0.05, 0.1) is 16.8 Å². The Hall–Kier alpha value is -7.94. The molecule has 300 valence electrons. The molecule has 0 aliphatic heterocycles. The van der Waals surface area contributed by atoms with Crippen LogP contribution in [0.1, 0.15) is 47.2 Å². The molecule has 1 spiro atoms. The lowest BCUT2D eigenvalue weighted by molar-refractivity contribution is 0.660. The Morgan fingerprint density at radius 1 is 0.375 bits per heavy atom. The van der Waals surface area contributed by atoms with Crippen molar-refractivity contribution in [2.24, 2.45) is 0 Å². The maximum atomic E-state index is 6.63. The quantitative estimate of drug-likeness (QED) is 0.176. The summed E-state index contributed by atoms with van der Waals surface area (Å²) >= 11 is 0. The van der Waals surface area contributed by atoms with Gasteiger partial charge in [0, 0.05) is 38.4 Å². The van der Waals surface area contributed by atoms with Crippen molar-refractivity contribution < 1.29 is 4.42 Å². The summed E-state index contributed by atoms with van der Waals surface area (Å²) in [5, 5.41) is 4.56. The van der Waals surface area contributed by atoms with Crippen molar-refractivity contribution in [3.8, 4) is 44.5 Å². The average molecular weight is 816 g/mol. The van der Waals surface area contributed by atoms with Gasteiger partial charge in [-0.05, 0) is 115 Å². The van der Waals surface area contributed by atoms with Crippen LogP contribution in [0.2, 0.25) is 0 Å². The van der Waals surface area contributed by atoms with Gasteiger partial charge < -0.3 is 9.32 Å². The van der Waals surface area contributed by atoms with E-state index in [1.165, 1.54) is 77.8 Å². The van der Waals surface area contributed by atoms with Crippen LogP contribution in [0.15, 0.2) is 217 Å². The molecule has 0 fully saturated rings. The molecule has 0 unspecified atom stereocenters.